The Morgan fingerprint density at radius 2 is 1.80 bits per heavy atom. The van der Waals surface area contributed by atoms with Crippen LogP contribution in [-0.4, -0.2) is 15.5 Å². The zero-order chi connectivity index (χ0) is 18.8. The van der Waals surface area contributed by atoms with Crippen LogP contribution < -0.4 is 9.46 Å². The van der Waals surface area contributed by atoms with Crippen molar-refractivity contribution in [3.8, 4) is 5.75 Å². The maximum Gasteiger partial charge on any atom is 0.417 e. The smallest absolute Gasteiger partial charge is 0.417 e. The highest BCUT2D eigenvalue weighted by atomic mass is 35.5. The summed E-state index contributed by atoms with van der Waals surface area (Å²) in [6, 6.07) is 8.34. The summed E-state index contributed by atoms with van der Waals surface area (Å²) in [6.07, 6.45) is -4.86. The van der Waals surface area contributed by atoms with Crippen LogP contribution in [0.3, 0.4) is 0 Å². The maximum atomic E-state index is 13.2. The van der Waals surface area contributed by atoms with E-state index in [1.807, 2.05) is 0 Å². The molecule has 0 spiro atoms. The van der Waals surface area contributed by atoms with Crippen molar-refractivity contribution in [3.63, 3.8) is 0 Å². The van der Waals surface area contributed by atoms with Gasteiger partial charge in [-0.2, -0.15) is 13.2 Å². The van der Waals surface area contributed by atoms with Gasteiger partial charge in [0, 0.05) is 16.6 Å². The van der Waals surface area contributed by atoms with Gasteiger partial charge >= 0.3 is 6.18 Å². The Morgan fingerprint density at radius 1 is 1.16 bits per heavy atom. The number of halogens is 4. The number of methoxy groups -OCH3 is 1. The third-order valence-electron chi connectivity index (χ3n) is 3.47. The fourth-order valence-electron chi connectivity index (χ4n) is 2.34. The van der Waals surface area contributed by atoms with Crippen LogP contribution in [0.2, 0.25) is 5.02 Å². The third kappa shape index (κ3) is 4.45. The molecule has 1 atom stereocenters. The lowest BCUT2D eigenvalue weighted by atomic mass is 10.1. The fraction of sp³-hybridized carbons (Fsp3) is 0.250. The van der Waals surface area contributed by atoms with Gasteiger partial charge in [-0.05, 0) is 31.2 Å². The monoisotopic (exact) mass is 393 g/mol. The van der Waals surface area contributed by atoms with Crippen LogP contribution >= 0.6 is 11.6 Å². The lowest BCUT2D eigenvalue weighted by Gasteiger charge is -2.19. The van der Waals surface area contributed by atoms with Crippen LogP contribution in [0.15, 0.2) is 47.4 Å². The second kappa shape index (κ2) is 7.23. The maximum absolute atomic E-state index is 13.2. The molecule has 0 aromatic heterocycles. The summed E-state index contributed by atoms with van der Waals surface area (Å²) in [4.78, 5) is -0.883. The van der Waals surface area contributed by atoms with Crippen molar-refractivity contribution < 1.29 is 26.3 Å². The van der Waals surface area contributed by atoms with Gasteiger partial charge in [-0.15, -0.1) is 0 Å². The number of benzene rings is 2. The molecule has 0 saturated heterocycles. The molecule has 0 amide bonds. The van der Waals surface area contributed by atoms with Crippen molar-refractivity contribution in [1.29, 1.82) is 0 Å². The molecular weight excluding hydrogens is 379 g/mol. The molecule has 0 unspecified atom stereocenters. The molecule has 0 radical (unpaired) electrons. The first kappa shape index (κ1) is 19.6. The summed E-state index contributed by atoms with van der Waals surface area (Å²) < 4.78 is 71.9. The van der Waals surface area contributed by atoms with E-state index in [1.165, 1.54) is 14.0 Å². The molecule has 0 bridgehead atoms. The second-order valence-corrected chi connectivity index (χ2v) is 7.34. The number of hydrogen-bond donors (Lipinski definition) is 1. The van der Waals surface area contributed by atoms with Crippen molar-refractivity contribution in [2.75, 3.05) is 7.11 Å². The summed E-state index contributed by atoms with van der Waals surface area (Å²) in [5.74, 6) is 0.421. The number of hydrogen-bond acceptors (Lipinski definition) is 3. The minimum absolute atomic E-state index is 0.205. The van der Waals surface area contributed by atoms with Gasteiger partial charge < -0.3 is 4.74 Å². The summed E-state index contributed by atoms with van der Waals surface area (Å²) in [5, 5.41) is -0.205. The molecule has 2 aromatic rings. The van der Waals surface area contributed by atoms with Crippen molar-refractivity contribution in [3.05, 3.63) is 58.6 Å². The highest BCUT2D eigenvalue weighted by Crippen LogP contribution is 2.36. The number of sulfonamides is 1. The van der Waals surface area contributed by atoms with Crippen molar-refractivity contribution >= 4 is 21.6 Å². The first-order valence-corrected chi connectivity index (χ1v) is 8.94. The molecule has 0 aliphatic carbocycles. The van der Waals surface area contributed by atoms with E-state index in [2.05, 4.69) is 4.72 Å². The molecule has 0 fully saturated rings. The van der Waals surface area contributed by atoms with E-state index < -0.39 is 32.7 Å². The van der Waals surface area contributed by atoms with Gasteiger partial charge in [0.25, 0.3) is 0 Å². The zero-order valence-electron chi connectivity index (χ0n) is 13.3. The normalized spacial score (nSPS) is 13.5. The number of alkyl halides is 3. The fourth-order valence-corrected chi connectivity index (χ4v) is 3.94. The summed E-state index contributed by atoms with van der Waals surface area (Å²) in [5.41, 5.74) is -0.823. The highest BCUT2D eigenvalue weighted by molar-refractivity contribution is 7.89. The van der Waals surface area contributed by atoms with Crippen molar-refractivity contribution in [2.45, 2.75) is 24.0 Å². The molecule has 1 N–H and O–H groups in total. The van der Waals surface area contributed by atoms with E-state index in [4.69, 9.17) is 16.3 Å². The average molecular weight is 394 g/mol. The number of ether oxygens (including phenoxy) is 1. The number of para-hydroxylation sites is 1. The lowest BCUT2D eigenvalue weighted by Crippen LogP contribution is -2.29. The molecule has 2 rings (SSSR count). The van der Waals surface area contributed by atoms with Gasteiger partial charge in [0.15, 0.2) is 0 Å². The molecular formula is C16H15ClF3NO3S. The topological polar surface area (TPSA) is 55.4 Å². The minimum atomic E-state index is -4.86. The zero-order valence-corrected chi connectivity index (χ0v) is 14.8. The molecule has 0 saturated carbocycles. The van der Waals surface area contributed by atoms with Crippen molar-refractivity contribution in [1.82, 2.24) is 4.72 Å². The average Bonchev–Trinajstić information content (AvgIpc) is 2.53. The van der Waals surface area contributed by atoms with Crippen LogP contribution in [0, 0.1) is 0 Å². The molecule has 2 aromatic carbocycles. The van der Waals surface area contributed by atoms with Crippen LogP contribution in [0.25, 0.3) is 0 Å². The first-order chi connectivity index (χ1) is 11.6. The van der Waals surface area contributed by atoms with Gasteiger partial charge in [0.2, 0.25) is 10.0 Å². The summed E-state index contributed by atoms with van der Waals surface area (Å²) in [7, 11) is -3.03. The van der Waals surface area contributed by atoms with Gasteiger partial charge in [0.1, 0.15) is 5.75 Å². The molecule has 25 heavy (non-hydrogen) atoms. The Morgan fingerprint density at radius 3 is 2.40 bits per heavy atom. The van der Waals surface area contributed by atoms with Gasteiger partial charge in [-0.25, -0.2) is 13.1 Å². The Bertz CT molecular complexity index is 869. The molecule has 0 aliphatic heterocycles. The van der Waals surface area contributed by atoms with Crippen LogP contribution in [0.5, 0.6) is 5.75 Å². The van der Waals surface area contributed by atoms with Crippen molar-refractivity contribution in [2.24, 2.45) is 0 Å². The first-order valence-electron chi connectivity index (χ1n) is 7.08. The molecule has 9 heteroatoms. The lowest BCUT2D eigenvalue weighted by molar-refractivity contribution is -0.139. The van der Waals surface area contributed by atoms with Crippen LogP contribution in [0.4, 0.5) is 13.2 Å². The van der Waals surface area contributed by atoms with Gasteiger partial charge in [-0.1, -0.05) is 29.8 Å². The largest absolute Gasteiger partial charge is 0.496 e. The van der Waals surface area contributed by atoms with E-state index >= 15 is 0 Å². The Kier molecular flexibility index (Phi) is 5.65. The number of nitrogens with one attached hydrogen (secondary N) is 1. The second-order valence-electron chi connectivity index (χ2n) is 5.22. The van der Waals surface area contributed by atoms with Gasteiger partial charge in [0.05, 0.1) is 17.6 Å². The Balaban J connectivity index is 2.43. The predicted molar refractivity (Wildman–Crippen MR) is 88.2 cm³/mol. The Hall–Kier alpha value is -1.77. The third-order valence-corrected chi connectivity index (χ3v) is 5.31. The number of rotatable bonds is 5. The standard InChI is InChI=1S/C16H15ClF3NO3S/c1-10(12-5-3-4-6-14(12)24-2)21-25(22,23)15-8-7-11(17)9-13(15)16(18,19)20/h3-10,21H,1-2H3/t10-/m0/s1. The SMILES string of the molecule is COc1ccccc1[C@H](C)NS(=O)(=O)c1ccc(Cl)cc1C(F)(F)F. The van der Waals surface area contributed by atoms with E-state index in [1.54, 1.807) is 24.3 Å². The molecule has 136 valence electrons. The molecule has 0 aliphatic rings. The van der Waals surface area contributed by atoms with E-state index in [0.29, 0.717) is 17.4 Å². The quantitative estimate of drug-likeness (QED) is 0.818. The van der Waals surface area contributed by atoms with E-state index in [-0.39, 0.29) is 5.02 Å². The predicted octanol–water partition coefficient (Wildman–Crippen LogP) is 4.41. The van der Waals surface area contributed by atoms with Gasteiger partial charge in [-0.3, -0.25) is 0 Å². The van der Waals surface area contributed by atoms with E-state index in [9.17, 15) is 21.6 Å². The summed E-state index contributed by atoms with van der Waals surface area (Å²) >= 11 is 5.58. The Labute approximate surface area is 148 Å². The highest BCUT2D eigenvalue weighted by Gasteiger charge is 2.38. The minimum Gasteiger partial charge on any atom is -0.496 e. The molecule has 4 nitrogen and oxygen atoms in total. The van der Waals surface area contributed by atoms with E-state index in [0.717, 1.165) is 12.1 Å². The molecule has 0 heterocycles. The van der Waals surface area contributed by atoms with Crippen LogP contribution in [-0.2, 0) is 16.2 Å². The van der Waals surface area contributed by atoms with Crippen LogP contribution in [0.1, 0.15) is 24.1 Å². The summed E-state index contributed by atoms with van der Waals surface area (Å²) in [6.45, 7) is 1.51.